The molecule has 0 amide bonds. The van der Waals surface area contributed by atoms with Gasteiger partial charge in [-0.25, -0.2) is 0 Å². The second kappa shape index (κ2) is 6.96. The van der Waals surface area contributed by atoms with E-state index in [1.807, 2.05) is 6.92 Å². The maximum atomic E-state index is 10.5. The Bertz CT molecular complexity index is 153. The van der Waals surface area contributed by atoms with Crippen molar-refractivity contribution in [1.29, 1.82) is 0 Å². The molecule has 1 fully saturated rings. The van der Waals surface area contributed by atoms with Gasteiger partial charge in [-0.05, 0) is 39.3 Å². The van der Waals surface area contributed by atoms with Gasteiger partial charge < -0.3 is 14.4 Å². The van der Waals surface area contributed by atoms with E-state index in [2.05, 4.69) is 4.90 Å². The minimum Gasteiger partial charge on any atom is -0.382 e. The van der Waals surface area contributed by atoms with Crippen molar-refractivity contribution in [3.05, 3.63) is 0 Å². The van der Waals surface area contributed by atoms with Crippen molar-refractivity contribution in [1.82, 2.24) is 4.90 Å². The van der Waals surface area contributed by atoms with Crippen molar-refractivity contribution in [3.8, 4) is 0 Å². The molecule has 1 heterocycles. The summed E-state index contributed by atoms with van der Waals surface area (Å²) in [7, 11) is 0. The maximum absolute atomic E-state index is 10.5. The summed E-state index contributed by atoms with van der Waals surface area (Å²) in [5, 5.41) is 0. The van der Waals surface area contributed by atoms with Gasteiger partial charge in [-0.3, -0.25) is 0 Å². The van der Waals surface area contributed by atoms with Crippen molar-refractivity contribution in [2.45, 2.75) is 26.2 Å². The SMILES string of the molecule is CCOCCCN1CCC(C=O)CC1. The number of hydrogen-bond donors (Lipinski definition) is 0. The van der Waals surface area contributed by atoms with Crippen LogP contribution in [0.15, 0.2) is 0 Å². The van der Waals surface area contributed by atoms with Gasteiger partial charge in [0.15, 0.2) is 0 Å². The number of carbonyl (C=O) groups is 1. The monoisotopic (exact) mass is 199 g/mol. The van der Waals surface area contributed by atoms with E-state index in [1.54, 1.807) is 0 Å². The second-order valence-corrected chi connectivity index (χ2v) is 3.87. The molecule has 0 atom stereocenters. The van der Waals surface area contributed by atoms with Crippen LogP contribution in [0.4, 0.5) is 0 Å². The van der Waals surface area contributed by atoms with E-state index in [4.69, 9.17) is 4.74 Å². The molecule has 3 nitrogen and oxygen atoms in total. The number of rotatable bonds is 6. The standard InChI is InChI=1S/C11H21NO2/c1-2-14-9-3-6-12-7-4-11(10-13)5-8-12/h10-11H,2-9H2,1H3. The van der Waals surface area contributed by atoms with Crippen LogP contribution in [0.3, 0.4) is 0 Å². The van der Waals surface area contributed by atoms with Crippen LogP contribution < -0.4 is 0 Å². The zero-order valence-corrected chi connectivity index (χ0v) is 9.08. The van der Waals surface area contributed by atoms with Gasteiger partial charge in [-0.15, -0.1) is 0 Å². The number of likely N-dealkylation sites (tertiary alicyclic amines) is 1. The van der Waals surface area contributed by atoms with Gasteiger partial charge in [0.25, 0.3) is 0 Å². The van der Waals surface area contributed by atoms with Crippen molar-refractivity contribution >= 4 is 6.29 Å². The fourth-order valence-corrected chi connectivity index (χ4v) is 1.85. The molecule has 0 aromatic heterocycles. The van der Waals surface area contributed by atoms with Crippen molar-refractivity contribution in [3.63, 3.8) is 0 Å². The molecule has 0 saturated carbocycles. The highest BCUT2D eigenvalue weighted by molar-refractivity contribution is 5.53. The third-order valence-electron chi connectivity index (χ3n) is 2.79. The van der Waals surface area contributed by atoms with Gasteiger partial charge in [-0.2, -0.15) is 0 Å². The molecule has 0 aromatic carbocycles. The van der Waals surface area contributed by atoms with Crippen molar-refractivity contribution in [2.75, 3.05) is 32.8 Å². The van der Waals surface area contributed by atoms with Crippen LogP contribution in [0.5, 0.6) is 0 Å². The van der Waals surface area contributed by atoms with Crippen LogP contribution >= 0.6 is 0 Å². The molecule has 0 aliphatic carbocycles. The topological polar surface area (TPSA) is 29.5 Å². The van der Waals surface area contributed by atoms with Gasteiger partial charge in [0, 0.05) is 25.7 Å². The maximum Gasteiger partial charge on any atom is 0.123 e. The predicted octanol–water partition coefficient (Wildman–Crippen LogP) is 1.32. The van der Waals surface area contributed by atoms with Crippen LogP contribution in [0.25, 0.3) is 0 Å². The first-order valence-electron chi connectivity index (χ1n) is 5.62. The number of piperidine rings is 1. The zero-order chi connectivity index (χ0) is 10.2. The van der Waals surface area contributed by atoms with Gasteiger partial charge in [0.1, 0.15) is 6.29 Å². The minimum absolute atomic E-state index is 0.318. The molecule has 1 rings (SSSR count). The van der Waals surface area contributed by atoms with Crippen molar-refractivity contribution < 1.29 is 9.53 Å². The molecule has 0 N–H and O–H groups in total. The minimum atomic E-state index is 0.318. The highest BCUT2D eigenvalue weighted by Gasteiger charge is 2.17. The summed E-state index contributed by atoms with van der Waals surface area (Å²) < 4.78 is 5.28. The van der Waals surface area contributed by atoms with E-state index in [1.165, 1.54) is 0 Å². The molecule has 14 heavy (non-hydrogen) atoms. The molecule has 82 valence electrons. The lowest BCUT2D eigenvalue weighted by Gasteiger charge is -2.29. The summed E-state index contributed by atoms with van der Waals surface area (Å²) in [4.78, 5) is 13.0. The van der Waals surface area contributed by atoms with Gasteiger partial charge in [0.2, 0.25) is 0 Å². The largest absolute Gasteiger partial charge is 0.382 e. The Morgan fingerprint density at radius 1 is 1.43 bits per heavy atom. The first-order chi connectivity index (χ1) is 6.86. The van der Waals surface area contributed by atoms with E-state index in [9.17, 15) is 4.79 Å². The Morgan fingerprint density at radius 2 is 2.14 bits per heavy atom. The molecule has 3 heteroatoms. The number of nitrogens with zero attached hydrogens (tertiary/aromatic N) is 1. The summed E-state index contributed by atoms with van der Waals surface area (Å²) in [5.74, 6) is 0.318. The lowest BCUT2D eigenvalue weighted by molar-refractivity contribution is -0.112. The van der Waals surface area contributed by atoms with Crippen LogP contribution in [0, 0.1) is 5.92 Å². The predicted molar refractivity (Wildman–Crippen MR) is 56.3 cm³/mol. The Morgan fingerprint density at radius 3 is 2.71 bits per heavy atom. The number of hydrogen-bond acceptors (Lipinski definition) is 3. The summed E-state index contributed by atoms with van der Waals surface area (Å²) >= 11 is 0. The fourth-order valence-electron chi connectivity index (χ4n) is 1.85. The lowest BCUT2D eigenvalue weighted by Crippen LogP contribution is -2.35. The van der Waals surface area contributed by atoms with Crippen molar-refractivity contribution in [2.24, 2.45) is 5.92 Å². The summed E-state index contributed by atoms with van der Waals surface area (Å²) in [5.41, 5.74) is 0. The van der Waals surface area contributed by atoms with Crippen LogP contribution in [-0.4, -0.2) is 44.0 Å². The quantitative estimate of drug-likeness (QED) is 0.477. The van der Waals surface area contributed by atoms with Gasteiger partial charge in [0.05, 0.1) is 0 Å². The van der Waals surface area contributed by atoms with E-state index in [0.29, 0.717) is 5.92 Å². The van der Waals surface area contributed by atoms with E-state index in [0.717, 1.165) is 58.4 Å². The molecule has 1 saturated heterocycles. The molecule has 0 aromatic rings. The normalized spacial score (nSPS) is 19.8. The molecule has 1 aliphatic heterocycles. The summed E-state index contributed by atoms with van der Waals surface area (Å²) in [6, 6.07) is 0. The Labute approximate surface area is 86.4 Å². The average Bonchev–Trinajstić information content (AvgIpc) is 2.25. The Hall–Kier alpha value is -0.410. The zero-order valence-electron chi connectivity index (χ0n) is 9.08. The average molecular weight is 199 g/mol. The third kappa shape index (κ3) is 4.20. The summed E-state index contributed by atoms with van der Waals surface area (Å²) in [6.45, 7) is 6.98. The molecule has 0 unspecified atom stereocenters. The third-order valence-corrected chi connectivity index (χ3v) is 2.79. The van der Waals surface area contributed by atoms with Crippen LogP contribution in [0.2, 0.25) is 0 Å². The Balaban J connectivity index is 2.01. The molecular weight excluding hydrogens is 178 g/mol. The van der Waals surface area contributed by atoms with E-state index >= 15 is 0 Å². The van der Waals surface area contributed by atoms with Crippen LogP contribution in [-0.2, 0) is 9.53 Å². The highest BCUT2D eigenvalue weighted by Crippen LogP contribution is 2.14. The molecule has 1 aliphatic rings. The first kappa shape index (κ1) is 11.7. The van der Waals surface area contributed by atoms with E-state index in [-0.39, 0.29) is 0 Å². The first-order valence-corrected chi connectivity index (χ1v) is 5.62. The van der Waals surface area contributed by atoms with Gasteiger partial charge >= 0.3 is 0 Å². The Kier molecular flexibility index (Phi) is 5.80. The smallest absolute Gasteiger partial charge is 0.123 e. The molecule has 0 bridgehead atoms. The number of ether oxygens (including phenoxy) is 1. The molecule has 0 spiro atoms. The van der Waals surface area contributed by atoms with Crippen LogP contribution in [0.1, 0.15) is 26.2 Å². The lowest BCUT2D eigenvalue weighted by atomic mass is 9.98. The van der Waals surface area contributed by atoms with E-state index < -0.39 is 0 Å². The summed E-state index contributed by atoms with van der Waals surface area (Å²) in [6.07, 6.45) is 4.30. The number of aldehydes is 1. The number of carbonyl (C=O) groups excluding carboxylic acids is 1. The highest BCUT2D eigenvalue weighted by atomic mass is 16.5. The second-order valence-electron chi connectivity index (χ2n) is 3.87. The fraction of sp³-hybridized carbons (Fsp3) is 0.909. The molecular formula is C11H21NO2. The van der Waals surface area contributed by atoms with Gasteiger partial charge in [-0.1, -0.05) is 0 Å². The molecule has 0 radical (unpaired) electrons.